The minimum Gasteiger partial charge on any atom is -0.497 e. The molecule has 0 aliphatic carbocycles. The van der Waals surface area contributed by atoms with Gasteiger partial charge in [0, 0.05) is 5.56 Å². The van der Waals surface area contributed by atoms with E-state index >= 15 is 0 Å². The van der Waals surface area contributed by atoms with Gasteiger partial charge >= 0.3 is 0 Å². The number of carbonyl (C=O) groups is 2. The van der Waals surface area contributed by atoms with E-state index in [-0.39, 0.29) is 17.4 Å². The van der Waals surface area contributed by atoms with Crippen molar-refractivity contribution in [2.24, 2.45) is 4.99 Å². The molecule has 0 radical (unpaired) electrons. The monoisotopic (exact) mass is 458 g/mol. The number of anilines is 1. The molecule has 1 aliphatic heterocycles. The lowest BCUT2D eigenvalue weighted by molar-refractivity contribution is -0.113. The minimum absolute atomic E-state index is 0.0570. The molecule has 1 aliphatic rings. The number of para-hydroxylation sites is 1. The second-order valence-corrected chi connectivity index (χ2v) is 8.06. The molecular formula is C26H22N2O4S. The molecule has 1 amide bonds. The first-order valence-electron chi connectivity index (χ1n) is 10.2. The van der Waals surface area contributed by atoms with Gasteiger partial charge in [-0.15, -0.1) is 0 Å². The maximum atomic E-state index is 13.2. The van der Waals surface area contributed by atoms with Crippen LogP contribution in [0.3, 0.4) is 0 Å². The first-order chi connectivity index (χ1) is 16.1. The van der Waals surface area contributed by atoms with Crippen LogP contribution in [-0.2, 0) is 4.79 Å². The van der Waals surface area contributed by atoms with Gasteiger partial charge in [-0.1, -0.05) is 42.1 Å². The van der Waals surface area contributed by atoms with Crippen LogP contribution in [0, 0.1) is 0 Å². The number of methoxy groups -OCH3 is 2. The topological polar surface area (TPSA) is 68.2 Å². The van der Waals surface area contributed by atoms with Crippen molar-refractivity contribution < 1.29 is 19.1 Å². The Balaban J connectivity index is 1.58. The van der Waals surface area contributed by atoms with Crippen LogP contribution in [0.5, 0.6) is 11.5 Å². The van der Waals surface area contributed by atoms with Crippen molar-refractivity contribution in [3.05, 3.63) is 95.7 Å². The van der Waals surface area contributed by atoms with Crippen molar-refractivity contribution in [2.75, 3.05) is 24.9 Å². The maximum absolute atomic E-state index is 13.2. The Morgan fingerprint density at radius 1 is 0.909 bits per heavy atom. The molecule has 7 heteroatoms. The van der Waals surface area contributed by atoms with Crippen molar-refractivity contribution in [2.45, 2.75) is 0 Å². The molecule has 0 saturated heterocycles. The van der Waals surface area contributed by atoms with E-state index in [1.54, 1.807) is 49.5 Å². The summed E-state index contributed by atoms with van der Waals surface area (Å²) in [6.07, 6.45) is 1.73. The summed E-state index contributed by atoms with van der Waals surface area (Å²) in [5.74, 6) is 1.28. The van der Waals surface area contributed by atoms with Gasteiger partial charge in [-0.3, -0.25) is 14.5 Å². The third kappa shape index (κ3) is 5.15. The number of rotatable bonds is 7. The number of nitrogens with zero attached hydrogens (tertiary/aromatic N) is 2. The zero-order valence-electron chi connectivity index (χ0n) is 18.2. The zero-order chi connectivity index (χ0) is 23.2. The molecule has 1 heterocycles. The van der Waals surface area contributed by atoms with E-state index in [0.29, 0.717) is 27.9 Å². The summed E-state index contributed by atoms with van der Waals surface area (Å²) in [6, 6.07) is 23.6. The third-order valence-electron chi connectivity index (χ3n) is 5.01. The fraction of sp³-hybridized carbons (Fsp3) is 0.115. The Kier molecular flexibility index (Phi) is 6.90. The number of hydrogen-bond donors (Lipinski definition) is 0. The number of ether oxygens (including phenoxy) is 2. The molecule has 4 rings (SSSR count). The molecule has 33 heavy (non-hydrogen) atoms. The summed E-state index contributed by atoms with van der Waals surface area (Å²) in [6.45, 7) is 0. The number of thioether (sulfide) groups is 1. The quantitative estimate of drug-likeness (QED) is 0.366. The smallest absolute Gasteiger partial charge is 0.283 e. The van der Waals surface area contributed by atoms with Crippen LogP contribution in [0.15, 0.2) is 89.6 Å². The van der Waals surface area contributed by atoms with Gasteiger partial charge < -0.3 is 9.47 Å². The standard InChI is InChI=1S/C26H22N2O4S/c1-31-21-12-8-18(9-13-21)16-23-25(30)28(20-6-4-3-5-7-20)26(27-23)33-17-24(29)19-10-14-22(32-2)15-11-19/h3-16H,17H2,1-2H3/b23-16-. The lowest BCUT2D eigenvalue weighted by atomic mass is 10.1. The molecule has 6 nitrogen and oxygen atoms in total. The molecule has 166 valence electrons. The Morgan fingerprint density at radius 3 is 2.12 bits per heavy atom. The molecule has 0 unspecified atom stereocenters. The number of benzene rings is 3. The SMILES string of the molecule is COc1ccc(/C=C2\N=C(SCC(=O)c3ccc(OC)cc3)N(c3ccccc3)C2=O)cc1. The average molecular weight is 459 g/mol. The second-order valence-electron chi connectivity index (χ2n) is 7.11. The fourth-order valence-corrected chi connectivity index (χ4v) is 4.15. The van der Waals surface area contributed by atoms with E-state index in [1.807, 2.05) is 54.6 Å². The van der Waals surface area contributed by atoms with Crippen molar-refractivity contribution >= 4 is 40.4 Å². The van der Waals surface area contributed by atoms with Crippen molar-refractivity contribution in [1.29, 1.82) is 0 Å². The number of carbonyl (C=O) groups excluding carboxylic acids is 2. The Hall–Kier alpha value is -3.84. The molecule has 0 atom stereocenters. The second kappa shape index (κ2) is 10.2. The van der Waals surface area contributed by atoms with Crippen molar-refractivity contribution in [3.8, 4) is 11.5 Å². The molecular weight excluding hydrogens is 436 g/mol. The molecule has 3 aromatic carbocycles. The van der Waals surface area contributed by atoms with Crippen molar-refractivity contribution in [1.82, 2.24) is 0 Å². The van der Waals surface area contributed by atoms with Crippen LogP contribution in [0.25, 0.3) is 6.08 Å². The van der Waals surface area contributed by atoms with Gasteiger partial charge in [0.05, 0.1) is 25.7 Å². The number of ketones is 1. The molecule has 0 bridgehead atoms. The molecule has 0 N–H and O–H groups in total. The Labute approximate surface area is 196 Å². The van der Waals surface area contributed by atoms with E-state index < -0.39 is 0 Å². The van der Waals surface area contributed by atoms with Gasteiger partial charge in [-0.25, -0.2) is 4.99 Å². The van der Waals surface area contributed by atoms with Gasteiger partial charge in [0.2, 0.25) is 0 Å². The summed E-state index contributed by atoms with van der Waals surface area (Å²) in [4.78, 5) is 32.1. The zero-order valence-corrected chi connectivity index (χ0v) is 19.0. The van der Waals surface area contributed by atoms with Crippen molar-refractivity contribution in [3.63, 3.8) is 0 Å². The van der Waals surface area contributed by atoms with Crippen LogP contribution in [0.2, 0.25) is 0 Å². The Morgan fingerprint density at radius 2 is 1.52 bits per heavy atom. The number of amides is 1. The van der Waals surface area contributed by atoms with Gasteiger partial charge in [-0.2, -0.15) is 0 Å². The number of amidine groups is 1. The largest absolute Gasteiger partial charge is 0.497 e. The third-order valence-corrected chi connectivity index (χ3v) is 5.95. The summed E-state index contributed by atoms with van der Waals surface area (Å²) in [7, 11) is 3.18. The first kappa shape index (κ1) is 22.4. The van der Waals surface area contributed by atoms with Gasteiger partial charge in [0.25, 0.3) is 5.91 Å². The van der Waals surface area contributed by atoms with Gasteiger partial charge in [0.1, 0.15) is 17.2 Å². The van der Waals surface area contributed by atoms with Gasteiger partial charge in [0.15, 0.2) is 11.0 Å². The van der Waals surface area contributed by atoms with E-state index in [4.69, 9.17) is 9.47 Å². The predicted molar refractivity (Wildman–Crippen MR) is 132 cm³/mol. The summed E-state index contributed by atoms with van der Waals surface area (Å²) in [5, 5.41) is 0.466. The summed E-state index contributed by atoms with van der Waals surface area (Å²) in [5.41, 5.74) is 2.41. The lowest BCUT2D eigenvalue weighted by Crippen LogP contribution is -2.30. The first-order valence-corrected chi connectivity index (χ1v) is 11.2. The van der Waals surface area contributed by atoms with Crippen LogP contribution in [0.4, 0.5) is 5.69 Å². The predicted octanol–water partition coefficient (Wildman–Crippen LogP) is 5.06. The van der Waals surface area contributed by atoms with E-state index in [9.17, 15) is 9.59 Å². The number of hydrogen-bond acceptors (Lipinski definition) is 6. The normalized spacial score (nSPS) is 14.4. The van der Waals surface area contributed by atoms with E-state index in [2.05, 4.69) is 4.99 Å². The summed E-state index contributed by atoms with van der Waals surface area (Å²) < 4.78 is 10.3. The van der Waals surface area contributed by atoms with E-state index in [0.717, 1.165) is 11.3 Å². The highest BCUT2D eigenvalue weighted by Crippen LogP contribution is 2.30. The number of Topliss-reactive ketones (excluding diaryl/α,β-unsaturated/α-hetero) is 1. The van der Waals surface area contributed by atoms with Gasteiger partial charge in [-0.05, 0) is 60.2 Å². The lowest BCUT2D eigenvalue weighted by Gasteiger charge is -2.17. The highest BCUT2D eigenvalue weighted by atomic mass is 32.2. The maximum Gasteiger partial charge on any atom is 0.283 e. The Bertz CT molecular complexity index is 1200. The van der Waals surface area contributed by atoms with Crippen LogP contribution in [-0.4, -0.2) is 36.8 Å². The molecule has 0 spiro atoms. The average Bonchev–Trinajstić information content (AvgIpc) is 3.18. The molecule has 0 fully saturated rings. The van der Waals surface area contributed by atoms with Crippen LogP contribution in [0.1, 0.15) is 15.9 Å². The van der Waals surface area contributed by atoms with Crippen LogP contribution >= 0.6 is 11.8 Å². The minimum atomic E-state index is -0.239. The molecule has 3 aromatic rings. The molecule has 0 aromatic heterocycles. The van der Waals surface area contributed by atoms with E-state index in [1.165, 1.54) is 11.8 Å². The highest BCUT2D eigenvalue weighted by molar-refractivity contribution is 8.14. The van der Waals surface area contributed by atoms with Crippen LogP contribution < -0.4 is 14.4 Å². The molecule has 0 saturated carbocycles. The number of aliphatic imine (C=N–C) groups is 1. The highest BCUT2D eigenvalue weighted by Gasteiger charge is 2.32. The summed E-state index contributed by atoms with van der Waals surface area (Å²) >= 11 is 1.24. The fourth-order valence-electron chi connectivity index (χ4n) is 3.25.